The molecule has 22 heavy (non-hydrogen) atoms. The topological polar surface area (TPSA) is 86.2 Å². The summed E-state index contributed by atoms with van der Waals surface area (Å²) in [6.07, 6.45) is 1.35. The van der Waals surface area contributed by atoms with E-state index in [1.54, 1.807) is 30.8 Å². The first-order chi connectivity index (χ1) is 10.4. The van der Waals surface area contributed by atoms with Crippen molar-refractivity contribution in [2.45, 2.75) is 13.5 Å². The van der Waals surface area contributed by atoms with Crippen molar-refractivity contribution in [3.63, 3.8) is 0 Å². The lowest BCUT2D eigenvalue weighted by Gasteiger charge is -2.11. The molecule has 0 unspecified atom stereocenters. The molecule has 7 nitrogen and oxygen atoms in total. The zero-order valence-corrected chi connectivity index (χ0v) is 12.5. The average molecular weight is 301 g/mol. The summed E-state index contributed by atoms with van der Waals surface area (Å²) in [6, 6.07) is 3.51. The van der Waals surface area contributed by atoms with E-state index in [-0.39, 0.29) is 16.6 Å². The molecule has 0 amide bonds. The minimum atomic E-state index is -1.27. The van der Waals surface area contributed by atoms with Crippen LogP contribution in [0.25, 0.3) is 21.9 Å². The minimum absolute atomic E-state index is 0.259. The highest BCUT2D eigenvalue weighted by Crippen LogP contribution is 2.22. The molecule has 0 radical (unpaired) electrons. The first-order valence-corrected chi connectivity index (χ1v) is 6.83. The van der Waals surface area contributed by atoms with Gasteiger partial charge in [-0.25, -0.2) is 9.59 Å². The van der Waals surface area contributed by atoms with E-state index >= 15 is 0 Å². The summed E-state index contributed by atoms with van der Waals surface area (Å²) in [5, 5.41) is 9.52. The second-order valence-corrected chi connectivity index (χ2v) is 5.19. The van der Waals surface area contributed by atoms with Crippen LogP contribution in [0.3, 0.4) is 0 Å². The number of hydrogen-bond acceptors (Lipinski definition) is 3. The zero-order chi connectivity index (χ0) is 16.2. The number of pyridine rings is 1. The number of imidazole rings is 1. The maximum atomic E-state index is 12.6. The average Bonchev–Trinajstić information content (AvgIpc) is 2.72. The van der Waals surface area contributed by atoms with Crippen molar-refractivity contribution in [3.05, 3.63) is 44.6 Å². The number of aromatic carboxylic acids is 1. The van der Waals surface area contributed by atoms with Gasteiger partial charge in [0.1, 0.15) is 5.56 Å². The van der Waals surface area contributed by atoms with Gasteiger partial charge in [-0.15, -0.1) is 0 Å². The van der Waals surface area contributed by atoms with Crippen LogP contribution in [-0.2, 0) is 20.6 Å². The summed E-state index contributed by atoms with van der Waals surface area (Å²) in [4.78, 5) is 36.1. The molecule has 0 aliphatic carbocycles. The Morgan fingerprint density at radius 2 is 1.77 bits per heavy atom. The predicted molar refractivity (Wildman–Crippen MR) is 82.6 cm³/mol. The van der Waals surface area contributed by atoms with E-state index in [2.05, 4.69) is 0 Å². The Balaban J connectivity index is 2.72. The monoisotopic (exact) mass is 301 g/mol. The van der Waals surface area contributed by atoms with Gasteiger partial charge in [0.15, 0.2) is 0 Å². The van der Waals surface area contributed by atoms with Gasteiger partial charge in [-0.2, -0.15) is 0 Å². The van der Waals surface area contributed by atoms with Crippen molar-refractivity contribution in [1.82, 2.24) is 13.7 Å². The number of carboxylic acid groups (broad SMARTS) is 1. The number of aryl methyl sites for hydroxylation is 3. The van der Waals surface area contributed by atoms with Crippen LogP contribution in [0, 0.1) is 0 Å². The van der Waals surface area contributed by atoms with Gasteiger partial charge < -0.3 is 9.67 Å². The minimum Gasteiger partial charge on any atom is -0.477 e. The van der Waals surface area contributed by atoms with Gasteiger partial charge in [0.05, 0.1) is 21.9 Å². The van der Waals surface area contributed by atoms with Gasteiger partial charge in [0, 0.05) is 26.8 Å². The predicted octanol–water partition coefficient (Wildman–Crippen LogP) is 0.910. The van der Waals surface area contributed by atoms with Gasteiger partial charge >= 0.3 is 11.7 Å². The van der Waals surface area contributed by atoms with Crippen molar-refractivity contribution in [2.75, 3.05) is 0 Å². The van der Waals surface area contributed by atoms with E-state index in [1.807, 2.05) is 6.92 Å². The van der Waals surface area contributed by atoms with Crippen molar-refractivity contribution >= 4 is 27.9 Å². The van der Waals surface area contributed by atoms with Gasteiger partial charge in [-0.05, 0) is 19.1 Å². The molecule has 0 bridgehead atoms. The first-order valence-electron chi connectivity index (χ1n) is 6.83. The Morgan fingerprint density at radius 3 is 2.36 bits per heavy atom. The van der Waals surface area contributed by atoms with E-state index < -0.39 is 11.4 Å². The molecule has 2 heterocycles. The molecule has 2 aromatic heterocycles. The molecule has 1 N–H and O–H groups in total. The summed E-state index contributed by atoms with van der Waals surface area (Å²) in [5.74, 6) is -1.27. The number of rotatable bonds is 2. The summed E-state index contributed by atoms with van der Waals surface area (Å²) >= 11 is 0. The number of fused-ring (bicyclic) bond motifs is 3. The van der Waals surface area contributed by atoms with Crippen LogP contribution in [0.2, 0.25) is 0 Å². The molecule has 0 saturated heterocycles. The Labute approximate surface area is 124 Å². The molecule has 0 aliphatic heterocycles. The number of hydrogen-bond donors (Lipinski definition) is 1. The van der Waals surface area contributed by atoms with Crippen LogP contribution >= 0.6 is 0 Å². The highest BCUT2D eigenvalue weighted by Gasteiger charge is 2.19. The largest absolute Gasteiger partial charge is 0.477 e. The van der Waals surface area contributed by atoms with Crippen LogP contribution in [0.4, 0.5) is 0 Å². The van der Waals surface area contributed by atoms with Crippen molar-refractivity contribution < 1.29 is 9.90 Å². The number of aromatic nitrogens is 3. The lowest BCUT2D eigenvalue weighted by atomic mass is 10.1. The quantitative estimate of drug-likeness (QED) is 0.762. The fraction of sp³-hybridized carbons (Fsp3) is 0.267. The van der Waals surface area contributed by atoms with Gasteiger partial charge in [0.2, 0.25) is 5.43 Å². The Kier molecular flexibility index (Phi) is 2.94. The number of benzene rings is 1. The smallest absolute Gasteiger partial charge is 0.341 e. The number of carboxylic acids is 1. The second-order valence-electron chi connectivity index (χ2n) is 5.19. The Bertz CT molecular complexity index is 1050. The molecule has 1 aromatic carbocycles. The van der Waals surface area contributed by atoms with E-state index in [1.165, 1.54) is 15.3 Å². The lowest BCUT2D eigenvalue weighted by Crippen LogP contribution is -2.21. The van der Waals surface area contributed by atoms with Crippen LogP contribution in [-0.4, -0.2) is 24.8 Å². The van der Waals surface area contributed by atoms with E-state index in [0.717, 1.165) is 0 Å². The maximum Gasteiger partial charge on any atom is 0.341 e. The standard InChI is InChI=1S/C15H15N3O4/c1-4-18-7-8(14(20)21)13(19)11-9(18)5-6-10-12(11)17(3)15(22)16(10)2/h5-7H,4H2,1-3H3,(H,20,21). The molecule has 114 valence electrons. The molecule has 0 atom stereocenters. The van der Waals surface area contributed by atoms with Crippen LogP contribution in [0.15, 0.2) is 27.9 Å². The Morgan fingerprint density at radius 1 is 1.14 bits per heavy atom. The van der Waals surface area contributed by atoms with Gasteiger partial charge in [0.25, 0.3) is 0 Å². The SMILES string of the molecule is CCn1cc(C(=O)O)c(=O)c2c1ccc1c2n(C)c(=O)n1C. The molecule has 0 fully saturated rings. The summed E-state index contributed by atoms with van der Waals surface area (Å²) < 4.78 is 4.53. The molecular formula is C15H15N3O4. The molecular weight excluding hydrogens is 286 g/mol. The van der Waals surface area contributed by atoms with Crippen molar-refractivity contribution in [2.24, 2.45) is 14.1 Å². The zero-order valence-electron chi connectivity index (χ0n) is 12.5. The van der Waals surface area contributed by atoms with Crippen LogP contribution < -0.4 is 11.1 Å². The molecule has 0 saturated carbocycles. The van der Waals surface area contributed by atoms with E-state index in [4.69, 9.17) is 0 Å². The molecule has 3 aromatic rings. The lowest BCUT2D eigenvalue weighted by molar-refractivity contribution is 0.0695. The van der Waals surface area contributed by atoms with Crippen molar-refractivity contribution in [1.29, 1.82) is 0 Å². The molecule has 0 aliphatic rings. The van der Waals surface area contributed by atoms with E-state index in [9.17, 15) is 19.5 Å². The number of nitrogens with zero attached hydrogens (tertiary/aromatic N) is 3. The summed E-state index contributed by atoms with van der Waals surface area (Å²) in [6.45, 7) is 2.38. The first kappa shape index (κ1) is 14.1. The van der Waals surface area contributed by atoms with E-state index in [0.29, 0.717) is 23.1 Å². The highest BCUT2D eigenvalue weighted by molar-refractivity contribution is 6.05. The number of carbonyl (C=O) groups is 1. The van der Waals surface area contributed by atoms with Crippen LogP contribution in [0.5, 0.6) is 0 Å². The fourth-order valence-corrected chi connectivity index (χ4v) is 2.90. The third kappa shape index (κ3) is 1.65. The highest BCUT2D eigenvalue weighted by atomic mass is 16.4. The summed E-state index contributed by atoms with van der Waals surface area (Å²) in [5.41, 5.74) is 0.552. The third-order valence-corrected chi connectivity index (χ3v) is 4.04. The Hall–Kier alpha value is -2.83. The summed E-state index contributed by atoms with van der Waals surface area (Å²) in [7, 11) is 3.20. The maximum absolute atomic E-state index is 12.6. The molecule has 3 rings (SSSR count). The third-order valence-electron chi connectivity index (χ3n) is 4.04. The normalized spacial score (nSPS) is 11.4. The molecule has 7 heteroatoms. The second kappa shape index (κ2) is 4.59. The van der Waals surface area contributed by atoms with Gasteiger partial charge in [-0.3, -0.25) is 13.9 Å². The van der Waals surface area contributed by atoms with Gasteiger partial charge in [-0.1, -0.05) is 0 Å². The van der Waals surface area contributed by atoms with Crippen LogP contribution in [0.1, 0.15) is 17.3 Å². The fourth-order valence-electron chi connectivity index (χ4n) is 2.90. The molecule has 0 spiro atoms. The van der Waals surface area contributed by atoms with Crippen molar-refractivity contribution in [3.8, 4) is 0 Å².